The van der Waals surface area contributed by atoms with E-state index in [1.54, 1.807) is 0 Å². The summed E-state index contributed by atoms with van der Waals surface area (Å²) in [5.41, 5.74) is 2.71. The van der Waals surface area contributed by atoms with Crippen LogP contribution in [-0.4, -0.2) is 12.0 Å². The van der Waals surface area contributed by atoms with Crippen LogP contribution >= 0.6 is 0 Å². The molecule has 0 aliphatic heterocycles. The minimum absolute atomic E-state index is 0. The van der Waals surface area contributed by atoms with E-state index in [4.69, 9.17) is 0 Å². The van der Waals surface area contributed by atoms with Crippen molar-refractivity contribution in [1.29, 1.82) is 0 Å². The van der Waals surface area contributed by atoms with Crippen molar-refractivity contribution in [2.45, 2.75) is 77.2 Å². The van der Waals surface area contributed by atoms with Gasteiger partial charge in [0.15, 0.2) is 0 Å². The molecule has 0 unspecified atom stereocenters. The van der Waals surface area contributed by atoms with E-state index >= 15 is 0 Å². The van der Waals surface area contributed by atoms with E-state index in [9.17, 15) is 0 Å². The third-order valence-electron chi connectivity index (χ3n) is 5.14. The number of unbranched alkanes of at least 4 members (excludes halogenated alkanes) is 9. The number of hydrogen-bond acceptors (Lipinski definition) is 1. The molecule has 0 saturated carbocycles. The van der Waals surface area contributed by atoms with Crippen LogP contribution in [0.2, 0.25) is 0 Å². The summed E-state index contributed by atoms with van der Waals surface area (Å²) in [6.07, 6.45) is 13.9. The Morgan fingerprint density at radius 1 is 0.593 bits per heavy atom. The third kappa shape index (κ3) is 9.74. The van der Waals surface area contributed by atoms with Crippen LogP contribution in [0, 0.1) is 0 Å². The Bertz CT molecular complexity index is 516. The van der Waals surface area contributed by atoms with Crippen molar-refractivity contribution in [3.8, 4) is 0 Å². The molecule has 2 nitrogen and oxygen atoms in total. The van der Waals surface area contributed by atoms with E-state index < -0.39 is 0 Å². The molecule has 2 heteroatoms. The Labute approximate surface area is 166 Å². The molecule has 0 aromatic heterocycles. The van der Waals surface area contributed by atoms with Crippen molar-refractivity contribution in [2.75, 3.05) is 6.54 Å². The Morgan fingerprint density at radius 2 is 1.00 bits per heavy atom. The molecular formula is C25H39NO. The lowest BCUT2D eigenvalue weighted by atomic mass is 9.98. The van der Waals surface area contributed by atoms with E-state index in [1.807, 2.05) is 0 Å². The third-order valence-corrected chi connectivity index (χ3v) is 5.14. The standard InChI is InChI=1S/C25H37N.H2O/c1-2-3-4-5-6-7-8-9-10-17-22-26-25(23-18-13-11-14-19-23)24-20-15-12-16-21-24;/h11-16,18-21,25-26H,2-10,17,22H2,1H3;1H2. The van der Waals surface area contributed by atoms with Gasteiger partial charge in [0.1, 0.15) is 0 Å². The number of rotatable bonds is 14. The summed E-state index contributed by atoms with van der Waals surface area (Å²) in [5, 5.41) is 3.78. The molecule has 0 fully saturated rings. The predicted molar refractivity (Wildman–Crippen MR) is 118 cm³/mol. The minimum atomic E-state index is 0. The fourth-order valence-corrected chi connectivity index (χ4v) is 3.58. The largest absolute Gasteiger partial charge is 0.412 e. The summed E-state index contributed by atoms with van der Waals surface area (Å²) in [6.45, 7) is 3.37. The molecular weight excluding hydrogens is 330 g/mol. The number of nitrogens with one attached hydrogen (secondary N) is 1. The van der Waals surface area contributed by atoms with Crippen LogP contribution in [0.5, 0.6) is 0 Å². The maximum Gasteiger partial charge on any atom is 0.0576 e. The van der Waals surface area contributed by atoms with Crippen molar-refractivity contribution in [3.05, 3.63) is 71.8 Å². The highest BCUT2D eigenvalue weighted by Crippen LogP contribution is 2.21. The van der Waals surface area contributed by atoms with Crippen molar-refractivity contribution in [1.82, 2.24) is 5.32 Å². The molecule has 0 spiro atoms. The fraction of sp³-hybridized carbons (Fsp3) is 0.520. The summed E-state index contributed by atoms with van der Waals surface area (Å²) in [6, 6.07) is 21.9. The van der Waals surface area contributed by atoms with E-state index in [2.05, 4.69) is 72.9 Å². The van der Waals surface area contributed by atoms with Gasteiger partial charge in [-0.05, 0) is 24.1 Å². The van der Waals surface area contributed by atoms with Crippen molar-refractivity contribution in [3.63, 3.8) is 0 Å². The molecule has 2 aromatic carbocycles. The highest BCUT2D eigenvalue weighted by Gasteiger charge is 2.12. The summed E-state index contributed by atoms with van der Waals surface area (Å²) < 4.78 is 0. The Balaban J connectivity index is 0.00000364. The predicted octanol–water partition coefficient (Wildman–Crippen LogP) is 6.46. The molecule has 0 amide bonds. The molecule has 0 saturated heterocycles. The van der Waals surface area contributed by atoms with Crippen LogP contribution in [0.15, 0.2) is 60.7 Å². The quantitative estimate of drug-likeness (QED) is 0.381. The maximum absolute atomic E-state index is 3.78. The molecule has 0 radical (unpaired) electrons. The monoisotopic (exact) mass is 369 g/mol. The zero-order chi connectivity index (χ0) is 18.3. The molecule has 3 N–H and O–H groups in total. The van der Waals surface area contributed by atoms with Crippen molar-refractivity contribution >= 4 is 0 Å². The van der Waals surface area contributed by atoms with E-state index in [0.29, 0.717) is 6.04 Å². The van der Waals surface area contributed by atoms with Crippen LogP contribution in [0.25, 0.3) is 0 Å². The second-order valence-electron chi connectivity index (χ2n) is 7.39. The molecule has 0 atom stereocenters. The van der Waals surface area contributed by atoms with Gasteiger partial charge in [0.25, 0.3) is 0 Å². The Morgan fingerprint density at radius 3 is 1.44 bits per heavy atom. The van der Waals surface area contributed by atoms with Gasteiger partial charge in [-0.2, -0.15) is 0 Å². The Kier molecular flexibility index (Phi) is 13.4. The smallest absolute Gasteiger partial charge is 0.0576 e. The molecule has 2 aromatic rings. The normalized spacial score (nSPS) is 10.7. The molecule has 0 heterocycles. The topological polar surface area (TPSA) is 43.5 Å². The van der Waals surface area contributed by atoms with Gasteiger partial charge in [0, 0.05) is 0 Å². The zero-order valence-electron chi connectivity index (χ0n) is 17.1. The first-order valence-electron chi connectivity index (χ1n) is 10.7. The summed E-state index contributed by atoms with van der Waals surface area (Å²) in [5.74, 6) is 0. The van der Waals surface area contributed by atoms with E-state index in [1.165, 1.54) is 75.3 Å². The second kappa shape index (κ2) is 15.4. The van der Waals surface area contributed by atoms with Gasteiger partial charge >= 0.3 is 0 Å². The molecule has 27 heavy (non-hydrogen) atoms. The van der Waals surface area contributed by atoms with Crippen molar-refractivity contribution in [2.24, 2.45) is 0 Å². The van der Waals surface area contributed by atoms with Gasteiger partial charge in [0.2, 0.25) is 0 Å². The highest BCUT2D eigenvalue weighted by atomic mass is 16.0. The first-order valence-corrected chi connectivity index (χ1v) is 10.7. The van der Waals surface area contributed by atoms with E-state index in [-0.39, 0.29) is 5.48 Å². The highest BCUT2D eigenvalue weighted by molar-refractivity contribution is 5.31. The minimum Gasteiger partial charge on any atom is -0.412 e. The molecule has 0 bridgehead atoms. The fourth-order valence-electron chi connectivity index (χ4n) is 3.58. The van der Waals surface area contributed by atoms with Gasteiger partial charge in [-0.25, -0.2) is 0 Å². The first kappa shape index (κ1) is 23.4. The maximum atomic E-state index is 3.78. The zero-order valence-corrected chi connectivity index (χ0v) is 17.1. The lowest BCUT2D eigenvalue weighted by Gasteiger charge is -2.20. The summed E-state index contributed by atoms with van der Waals surface area (Å²) in [4.78, 5) is 0. The van der Waals surface area contributed by atoms with Gasteiger partial charge in [-0.1, -0.05) is 125 Å². The lowest BCUT2D eigenvalue weighted by molar-refractivity contribution is 0.528. The lowest BCUT2D eigenvalue weighted by Crippen LogP contribution is -2.23. The SMILES string of the molecule is CCCCCCCCCCCCNC(c1ccccc1)c1ccccc1.O. The molecule has 0 aliphatic carbocycles. The Hall–Kier alpha value is -1.64. The average molecular weight is 370 g/mol. The molecule has 2 rings (SSSR count). The van der Waals surface area contributed by atoms with Crippen LogP contribution in [-0.2, 0) is 0 Å². The molecule has 150 valence electrons. The van der Waals surface area contributed by atoms with Crippen LogP contribution < -0.4 is 5.32 Å². The number of hydrogen-bond donors (Lipinski definition) is 1. The van der Waals surface area contributed by atoms with E-state index in [0.717, 1.165) is 6.54 Å². The van der Waals surface area contributed by atoms with Gasteiger partial charge < -0.3 is 10.8 Å². The second-order valence-corrected chi connectivity index (χ2v) is 7.39. The van der Waals surface area contributed by atoms with Gasteiger partial charge in [-0.3, -0.25) is 0 Å². The van der Waals surface area contributed by atoms with Gasteiger partial charge in [0.05, 0.1) is 6.04 Å². The molecule has 0 aliphatic rings. The van der Waals surface area contributed by atoms with Crippen LogP contribution in [0.4, 0.5) is 0 Å². The first-order chi connectivity index (χ1) is 12.9. The number of benzene rings is 2. The average Bonchev–Trinajstić information content (AvgIpc) is 2.70. The van der Waals surface area contributed by atoms with Crippen LogP contribution in [0.1, 0.15) is 88.3 Å². The van der Waals surface area contributed by atoms with Crippen LogP contribution in [0.3, 0.4) is 0 Å². The van der Waals surface area contributed by atoms with Gasteiger partial charge in [-0.15, -0.1) is 0 Å². The van der Waals surface area contributed by atoms with Crippen molar-refractivity contribution < 1.29 is 5.48 Å². The summed E-state index contributed by atoms with van der Waals surface area (Å²) >= 11 is 0. The summed E-state index contributed by atoms with van der Waals surface area (Å²) in [7, 11) is 0.